The molecule has 0 unspecified atom stereocenters. The number of anilines is 3. The van der Waals surface area contributed by atoms with E-state index in [-0.39, 0.29) is 0 Å². The lowest BCUT2D eigenvalue weighted by atomic mass is 9.97. The Kier molecular flexibility index (Phi) is 8.17. The molecule has 0 aliphatic carbocycles. The molecule has 10 aromatic carbocycles. The highest BCUT2D eigenvalue weighted by molar-refractivity contribution is 6.11. The Morgan fingerprint density at radius 3 is 1.49 bits per heavy atom. The van der Waals surface area contributed by atoms with Gasteiger partial charge in [-0.1, -0.05) is 170 Å². The van der Waals surface area contributed by atoms with Gasteiger partial charge in [0.15, 0.2) is 0 Å². The van der Waals surface area contributed by atoms with Gasteiger partial charge in [-0.05, 0) is 93.7 Å². The van der Waals surface area contributed by atoms with Gasteiger partial charge in [-0.3, -0.25) is 0 Å². The van der Waals surface area contributed by atoms with Crippen LogP contribution < -0.4 is 4.90 Å². The van der Waals surface area contributed by atoms with Crippen LogP contribution >= 0.6 is 0 Å². The molecule has 0 bridgehead atoms. The number of aromatic nitrogens is 1. The van der Waals surface area contributed by atoms with Crippen LogP contribution in [0.2, 0.25) is 0 Å². The summed E-state index contributed by atoms with van der Waals surface area (Å²) in [6.07, 6.45) is 0. The van der Waals surface area contributed by atoms with Gasteiger partial charge in [-0.2, -0.15) is 0 Å². The average Bonchev–Trinajstić information content (AvgIpc) is 3.88. The molecule has 3 nitrogen and oxygen atoms in total. The van der Waals surface area contributed by atoms with E-state index in [0.717, 1.165) is 72.5 Å². The van der Waals surface area contributed by atoms with Crippen molar-refractivity contribution in [3.05, 3.63) is 231 Å². The molecule has 3 heteroatoms. The molecule has 286 valence electrons. The quantitative estimate of drug-likeness (QED) is 0.161. The molecule has 0 aliphatic heterocycles. The molecule has 0 spiro atoms. The molecule has 12 aromatic rings. The van der Waals surface area contributed by atoms with Gasteiger partial charge in [-0.15, -0.1) is 0 Å². The number of hydrogen-bond acceptors (Lipinski definition) is 2. The van der Waals surface area contributed by atoms with Crippen LogP contribution in [-0.4, -0.2) is 4.57 Å². The van der Waals surface area contributed by atoms with Gasteiger partial charge in [0.25, 0.3) is 0 Å². The van der Waals surface area contributed by atoms with E-state index in [4.69, 9.17) is 4.42 Å². The van der Waals surface area contributed by atoms with Crippen molar-refractivity contribution in [1.29, 1.82) is 0 Å². The van der Waals surface area contributed by atoms with Crippen LogP contribution in [0.15, 0.2) is 235 Å². The van der Waals surface area contributed by atoms with Crippen LogP contribution in [0.3, 0.4) is 0 Å². The highest BCUT2D eigenvalue weighted by atomic mass is 16.3. The van der Waals surface area contributed by atoms with E-state index in [9.17, 15) is 0 Å². The highest BCUT2D eigenvalue weighted by Crippen LogP contribution is 2.43. The van der Waals surface area contributed by atoms with Crippen molar-refractivity contribution in [3.8, 4) is 39.1 Å². The molecular weight excluding hydrogens is 741 g/mol. The fraction of sp³-hybridized carbons (Fsp3) is 0. The molecule has 0 fully saturated rings. The first kappa shape index (κ1) is 34.9. The molecule has 0 N–H and O–H groups in total. The first-order chi connectivity index (χ1) is 30.3. The monoisotopic (exact) mass is 778 g/mol. The third-order valence-corrected chi connectivity index (χ3v) is 12.2. The van der Waals surface area contributed by atoms with Gasteiger partial charge in [-0.25, -0.2) is 0 Å². The van der Waals surface area contributed by atoms with E-state index >= 15 is 0 Å². The molecule has 12 rings (SSSR count). The maximum absolute atomic E-state index is 6.55. The zero-order valence-corrected chi connectivity index (χ0v) is 33.2. The summed E-state index contributed by atoms with van der Waals surface area (Å²) in [5.74, 6) is 0. The number of para-hydroxylation sites is 5. The van der Waals surface area contributed by atoms with Gasteiger partial charge < -0.3 is 13.9 Å². The molecule has 61 heavy (non-hydrogen) atoms. The second kappa shape index (κ2) is 14.3. The number of benzene rings is 10. The second-order valence-corrected chi connectivity index (χ2v) is 15.7. The zero-order chi connectivity index (χ0) is 40.3. The van der Waals surface area contributed by atoms with Crippen molar-refractivity contribution in [2.75, 3.05) is 4.90 Å². The summed E-state index contributed by atoms with van der Waals surface area (Å²) >= 11 is 0. The van der Waals surface area contributed by atoms with Gasteiger partial charge >= 0.3 is 0 Å². The van der Waals surface area contributed by atoms with Gasteiger partial charge in [0.2, 0.25) is 0 Å². The van der Waals surface area contributed by atoms with Crippen molar-refractivity contribution in [3.63, 3.8) is 0 Å². The van der Waals surface area contributed by atoms with Crippen molar-refractivity contribution in [2.24, 2.45) is 0 Å². The number of rotatable bonds is 7. The van der Waals surface area contributed by atoms with Crippen molar-refractivity contribution < 1.29 is 4.42 Å². The number of furan rings is 1. The minimum atomic E-state index is 0.894. The summed E-state index contributed by atoms with van der Waals surface area (Å²) in [5.41, 5.74) is 15.3. The Hall–Kier alpha value is -8.14. The smallest absolute Gasteiger partial charge is 0.143 e. The first-order valence-corrected chi connectivity index (χ1v) is 20.8. The maximum Gasteiger partial charge on any atom is 0.143 e. The van der Waals surface area contributed by atoms with E-state index in [1.165, 1.54) is 38.1 Å². The molecule has 0 saturated carbocycles. The molecule has 0 radical (unpaired) electrons. The molecule has 2 heterocycles. The van der Waals surface area contributed by atoms with E-state index in [1.807, 2.05) is 12.1 Å². The summed E-state index contributed by atoms with van der Waals surface area (Å²) in [4.78, 5) is 2.39. The average molecular weight is 779 g/mol. The normalized spacial score (nSPS) is 11.6. The third kappa shape index (κ3) is 5.82. The van der Waals surface area contributed by atoms with Crippen LogP contribution in [0.4, 0.5) is 17.1 Å². The summed E-state index contributed by atoms with van der Waals surface area (Å²) in [6, 6.07) is 83.0. The van der Waals surface area contributed by atoms with Crippen molar-refractivity contribution in [2.45, 2.75) is 0 Å². The minimum absolute atomic E-state index is 0.894. The molecule has 0 amide bonds. The van der Waals surface area contributed by atoms with Crippen LogP contribution in [0.5, 0.6) is 0 Å². The van der Waals surface area contributed by atoms with Crippen LogP contribution in [0.1, 0.15) is 0 Å². The fourth-order valence-electron chi connectivity index (χ4n) is 9.43. The summed E-state index contributed by atoms with van der Waals surface area (Å²) < 4.78 is 8.97. The van der Waals surface area contributed by atoms with Crippen molar-refractivity contribution >= 4 is 71.6 Å². The Balaban J connectivity index is 1.05. The van der Waals surface area contributed by atoms with Gasteiger partial charge in [0, 0.05) is 49.7 Å². The lowest BCUT2D eigenvalue weighted by molar-refractivity contribution is 0.670. The standard InChI is InChI=1S/C58H38N2O/c1-2-24-46-39(16-1)17-14-29-47(46)40-18-11-21-43(36-40)59(45-23-13-20-42(38-45)49-30-15-31-53-52-28-6-10-35-57(52)61-58(49)53)44-22-12-19-41(37-44)48-25-3-7-32-54(48)60-55-33-8-4-26-50(55)51-27-5-9-34-56(51)60/h1-38H. The second-order valence-electron chi connectivity index (χ2n) is 15.7. The van der Waals surface area contributed by atoms with E-state index in [1.54, 1.807) is 0 Å². The van der Waals surface area contributed by atoms with E-state index in [2.05, 4.69) is 228 Å². The molecule has 0 aliphatic rings. The van der Waals surface area contributed by atoms with Gasteiger partial charge in [0.05, 0.1) is 16.7 Å². The largest absolute Gasteiger partial charge is 0.455 e. The summed E-state index contributed by atoms with van der Waals surface area (Å²) in [7, 11) is 0. The predicted molar refractivity (Wildman–Crippen MR) is 257 cm³/mol. The van der Waals surface area contributed by atoms with Crippen LogP contribution in [0.25, 0.3) is 93.6 Å². The zero-order valence-electron chi connectivity index (χ0n) is 33.2. The van der Waals surface area contributed by atoms with Crippen molar-refractivity contribution in [1.82, 2.24) is 4.57 Å². The molecule has 2 aromatic heterocycles. The fourth-order valence-corrected chi connectivity index (χ4v) is 9.43. The Labute approximate surface area is 353 Å². The lowest BCUT2D eigenvalue weighted by Gasteiger charge is -2.27. The van der Waals surface area contributed by atoms with Gasteiger partial charge in [0.1, 0.15) is 11.2 Å². The number of hydrogen-bond donors (Lipinski definition) is 0. The molecule has 0 saturated heterocycles. The van der Waals surface area contributed by atoms with E-state index < -0.39 is 0 Å². The lowest BCUT2D eigenvalue weighted by Crippen LogP contribution is -2.10. The predicted octanol–water partition coefficient (Wildman–Crippen LogP) is 16.3. The molecular formula is C58H38N2O. The van der Waals surface area contributed by atoms with Crippen LogP contribution in [-0.2, 0) is 0 Å². The molecule has 0 atom stereocenters. The number of fused-ring (bicyclic) bond motifs is 7. The van der Waals surface area contributed by atoms with E-state index in [0.29, 0.717) is 0 Å². The third-order valence-electron chi connectivity index (χ3n) is 12.2. The SMILES string of the molecule is c1cc(-c2ccccc2-n2c3ccccc3c3ccccc32)cc(N(c2cccc(-c3cccc4ccccc34)c2)c2cccc(-c3cccc4c3oc3ccccc34)c2)c1. The Morgan fingerprint density at radius 1 is 0.328 bits per heavy atom. The maximum atomic E-state index is 6.55. The minimum Gasteiger partial charge on any atom is -0.455 e. The first-order valence-electron chi connectivity index (χ1n) is 20.8. The Morgan fingerprint density at radius 2 is 0.787 bits per heavy atom. The highest BCUT2D eigenvalue weighted by Gasteiger charge is 2.20. The summed E-state index contributed by atoms with van der Waals surface area (Å²) in [6.45, 7) is 0. The number of nitrogens with zero attached hydrogens (tertiary/aromatic N) is 2. The topological polar surface area (TPSA) is 21.3 Å². The van der Waals surface area contributed by atoms with Crippen LogP contribution in [0, 0.1) is 0 Å². The summed E-state index contributed by atoms with van der Waals surface area (Å²) in [5, 5.41) is 7.20. The Bertz CT molecular complexity index is 3570.